The van der Waals surface area contributed by atoms with Crippen LogP contribution in [0.15, 0.2) is 18.2 Å². The molecule has 0 unspecified atom stereocenters. The van der Waals surface area contributed by atoms with Gasteiger partial charge in [0.2, 0.25) is 5.91 Å². The van der Waals surface area contributed by atoms with Gasteiger partial charge in [-0.2, -0.15) is 0 Å². The number of rotatable bonds is 5. The van der Waals surface area contributed by atoms with Crippen LogP contribution in [-0.2, 0) is 4.79 Å². The predicted molar refractivity (Wildman–Crippen MR) is 60.7 cm³/mol. The normalized spacial score (nSPS) is 10.2. The lowest BCUT2D eigenvalue weighted by atomic mass is 10.1. The number of nitrogens with one attached hydrogen (secondary N) is 1. The summed E-state index contributed by atoms with van der Waals surface area (Å²) >= 11 is 0. The quantitative estimate of drug-likeness (QED) is 0.755. The van der Waals surface area contributed by atoms with Crippen molar-refractivity contribution in [3.63, 3.8) is 0 Å². The molecule has 0 radical (unpaired) electrons. The van der Waals surface area contributed by atoms with Gasteiger partial charge in [0.1, 0.15) is 5.82 Å². The first-order valence-electron chi connectivity index (χ1n) is 5.31. The van der Waals surface area contributed by atoms with Gasteiger partial charge in [-0.3, -0.25) is 4.79 Å². The van der Waals surface area contributed by atoms with Crippen molar-refractivity contribution in [1.82, 2.24) is 0 Å². The Morgan fingerprint density at radius 1 is 1.44 bits per heavy atom. The minimum absolute atomic E-state index is 0.0896. The van der Waals surface area contributed by atoms with Crippen molar-refractivity contribution in [2.24, 2.45) is 0 Å². The summed E-state index contributed by atoms with van der Waals surface area (Å²) < 4.78 is 13.2. The number of carbonyl (C=O) groups excluding carboxylic acids is 1. The molecule has 2 N–H and O–H groups in total. The first kappa shape index (κ1) is 12.6. The van der Waals surface area contributed by atoms with Crippen LogP contribution in [0.3, 0.4) is 0 Å². The van der Waals surface area contributed by atoms with Gasteiger partial charge in [0.15, 0.2) is 0 Å². The highest BCUT2D eigenvalue weighted by molar-refractivity contribution is 5.91. The lowest BCUT2D eigenvalue weighted by molar-refractivity contribution is -0.116. The third kappa shape index (κ3) is 3.62. The van der Waals surface area contributed by atoms with Crippen molar-refractivity contribution in [3.05, 3.63) is 29.6 Å². The molecule has 16 heavy (non-hydrogen) atoms. The molecular weight excluding hydrogens is 209 g/mol. The number of aliphatic hydroxyl groups excluding tert-OH is 1. The zero-order valence-electron chi connectivity index (χ0n) is 9.29. The van der Waals surface area contributed by atoms with Crippen molar-refractivity contribution < 1.29 is 14.3 Å². The molecule has 4 heteroatoms. The minimum Gasteiger partial charge on any atom is -0.396 e. The van der Waals surface area contributed by atoms with Crippen molar-refractivity contribution in [3.8, 4) is 0 Å². The number of amides is 1. The van der Waals surface area contributed by atoms with Crippen molar-refractivity contribution >= 4 is 11.6 Å². The van der Waals surface area contributed by atoms with E-state index in [9.17, 15) is 9.18 Å². The maximum atomic E-state index is 13.2. The molecule has 0 aromatic heterocycles. The number of hydrogen-bond donors (Lipinski definition) is 2. The van der Waals surface area contributed by atoms with E-state index in [2.05, 4.69) is 5.32 Å². The molecule has 0 fully saturated rings. The maximum Gasteiger partial charge on any atom is 0.224 e. The molecule has 0 saturated carbocycles. The van der Waals surface area contributed by atoms with Gasteiger partial charge >= 0.3 is 0 Å². The van der Waals surface area contributed by atoms with Gasteiger partial charge in [-0.1, -0.05) is 6.07 Å². The van der Waals surface area contributed by atoms with E-state index in [0.29, 0.717) is 30.5 Å². The van der Waals surface area contributed by atoms with E-state index >= 15 is 0 Å². The van der Waals surface area contributed by atoms with E-state index in [1.165, 1.54) is 6.07 Å². The number of hydrogen-bond acceptors (Lipinski definition) is 2. The Morgan fingerprint density at radius 2 is 2.19 bits per heavy atom. The van der Waals surface area contributed by atoms with Crippen LogP contribution in [0, 0.1) is 12.7 Å². The number of aliphatic hydroxyl groups is 1. The predicted octanol–water partition coefficient (Wildman–Crippen LogP) is 2.24. The molecule has 0 saturated heterocycles. The molecule has 0 aliphatic rings. The largest absolute Gasteiger partial charge is 0.396 e. The second-order valence-corrected chi connectivity index (χ2v) is 3.64. The molecule has 1 aromatic carbocycles. The summed E-state index contributed by atoms with van der Waals surface area (Å²) in [5, 5.41) is 11.2. The van der Waals surface area contributed by atoms with E-state index in [4.69, 9.17) is 5.11 Å². The first-order chi connectivity index (χ1) is 7.65. The zero-order valence-corrected chi connectivity index (χ0v) is 9.29. The fourth-order valence-electron chi connectivity index (χ4n) is 1.35. The van der Waals surface area contributed by atoms with E-state index in [0.717, 1.165) is 0 Å². The number of unbranched alkanes of at least 4 members (excludes halogenated alkanes) is 1. The first-order valence-corrected chi connectivity index (χ1v) is 5.31. The summed E-state index contributed by atoms with van der Waals surface area (Å²) in [5.74, 6) is -0.477. The zero-order chi connectivity index (χ0) is 12.0. The Bertz CT molecular complexity index is 366. The molecule has 0 atom stereocenters. The third-order valence-corrected chi connectivity index (χ3v) is 2.35. The van der Waals surface area contributed by atoms with E-state index in [-0.39, 0.29) is 18.3 Å². The molecule has 1 amide bonds. The lowest BCUT2D eigenvalue weighted by Gasteiger charge is -2.08. The molecular formula is C12H16FNO2. The van der Waals surface area contributed by atoms with Crippen LogP contribution in [0.4, 0.5) is 10.1 Å². The summed E-state index contributed by atoms with van der Waals surface area (Å²) in [6.45, 7) is 1.71. The van der Waals surface area contributed by atoms with E-state index < -0.39 is 0 Å². The van der Waals surface area contributed by atoms with Gasteiger partial charge in [0.05, 0.1) is 0 Å². The smallest absolute Gasteiger partial charge is 0.224 e. The molecule has 0 bridgehead atoms. The second-order valence-electron chi connectivity index (χ2n) is 3.64. The Morgan fingerprint density at radius 3 is 2.88 bits per heavy atom. The van der Waals surface area contributed by atoms with E-state index in [1.54, 1.807) is 19.1 Å². The number of anilines is 1. The molecule has 1 aromatic rings. The highest BCUT2D eigenvalue weighted by Crippen LogP contribution is 2.17. The van der Waals surface area contributed by atoms with Crippen molar-refractivity contribution in [1.29, 1.82) is 0 Å². The van der Waals surface area contributed by atoms with Crippen LogP contribution in [0.1, 0.15) is 24.8 Å². The average molecular weight is 225 g/mol. The van der Waals surface area contributed by atoms with Crippen LogP contribution in [0.25, 0.3) is 0 Å². The van der Waals surface area contributed by atoms with Crippen LogP contribution in [0.5, 0.6) is 0 Å². The van der Waals surface area contributed by atoms with Crippen molar-refractivity contribution in [2.75, 3.05) is 11.9 Å². The molecule has 0 spiro atoms. The van der Waals surface area contributed by atoms with Crippen LogP contribution in [-0.4, -0.2) is 17.6 Å². The Kier molecular flexibility index (Phi) is 4.92. The summed E-state index contributed by atoms with van der Waals surface area (Å²) in [4.78, 5) is 11.4. The monoisotopic (exact) mass is 225 g/mol. The fraction of sp³-hybridized carbons (Fsp3) is 0.417. The number of benzene rings is 1. The minimum atomic E-state index is -0.326. The van der Waals surface area contributed by atoms with Crippen molar-refractivity contribution in [2.45, 2.75) is 26.2 Å². The number of carbonyl (C=O) groups is 1. The standard InChI is InChI=1S/C12H16FNO2/c1-9-10(13)5-4-6-11(9)14-12(16)7-2-3-8-15/h4-6,15H,2-3,7-8H2,1H3,(H,14,16). The van der Waals surface area contributed by atoms with Crippen LogP contribution in [0.2, 0.25) is 0 Å². The second kappa shape index (κ2) is 6.23. The Labute approximate surface area is 94.3 Å². The summed E-state index contributed by atoms with van der Waals surface area (Å²) in [6.07, 6.45) is 1.59. The van der Waals surface area contributed by atoms with Gasteiger partial charge in [-0.05, 0) is 31.9 Å². The fourth-order valence-corrected chi connectivity index (χ4v) is 1.35. The Balaban J connectivity index is 2.53. The molecule has 0 heterocycles. The highest BCUT2D eigenvalue weighted by atomic mass is 19.1. The number of halogens is 1. The van der Waals surface area contributed by atoms with Gasteiger partial charge in [0.25, 0.3) is 0 Å². The molecule has 3 nitrogen and oxygen atoms in total. The van der Waals surface area contributed by atoms with Crippen LogP contribution < -0.4 is 5.32 Å². The SMILES string of the molecule is Cc1c(F)cccc1NC(=O)CCCCO. The van der Waals surface area contributed by atoms with Gasteiger partial charge in [0, 0.05) is 24.3 Å². The summed E-state index contributed by atoms with van der Waals surface area (Å²) in [7, 11) is 0. The van der Waals surface area contributed by atoms with Gasteiger partial charge in [-0.25, -0.2) is 4.39 Å². The maximum absolute atomic E-state index is 13.2. The average Bonchev–Trinajstić information content (AvgIpc) is 2.25. The van der Waals surface area contributed by atoms with Gasteiger partial charge in [-0.15, -0.1) is 0 Å². The van der Waals surface area contributed by atoms with Gasteiger partial charge < -0.3 is 10.4 Å². The molecule has 88 valence electrons. The highest BCUT2D eigenvalue weighted by Gasteiger charge is 2.06. The Hall–Kier alpha value is -1.42. The van der Waals surface area contributed by atoms with Crippen LogP contribution >= 0.6 is 0 Å². The molecule has 1 rings (SSSR count). The summed E-state index contributed by atoms with van der Waals surface area (Å²) in [6, 6.07) is 4.59. The topological polar surface area (TPSA) is 49.3 Å². The molecule has 0 aliphatic heterocycles. The molecule has 0 aliphatic carbocycles. The lowest BCUT2D eigenvalue weighted by Crippen LogP contribution is -2.12. The third-order valence-electron chi connectivity index (χ3n) is 2.35. The summed E-state index contributed by atoms with van der Waals surface area (Å²) in [5.41, 5.74) is 0.951. The van der Waals surface area contributed by atoms with E-state index in [1.807, 2.05) is 0 Å².